The molecule has 2 aliphatic carbocycles. The van der Waals surface area contributed by atoms with Crippen LogP contribution < -0.4 is 4.74 Å². The van der Waals surface area contributed by atoms with Crippen LogP contribution in [0.1, 0.15) is 37.5 Å². The Bertz CT molecular complexity index is 1670. The lowest BCUT2D eigenvalue weighted by Crippen LogP contribution is -2.52. The highest BCUT2D eigenvalue weighted by atomic mass is 79.9. The number of hydrogen-bond acceptors (Lipinski definition) is 6. The molecule has 0 N–H and O–H groups in total. The molecule has 8 nitrogen and oxygen atoms in total. The molecule has 3 aromatic rings. The molecular weight excluding hydrogens is 807 g/mol. The molecule has 6 atom stereocenters. The van der Waals surface area contributed by atoms with Crippen molar-refractivity contribution in [3.05, 3.63) is 97.9 Å². The van der Waals surface area contributed by atoms with E-state index in [2.05, 4.69) is 47.8 Å². The molecule has 13 heteroatoms. The van der Waals surface area contributed by atoms with Gasteiger partial charge in [-0.3, -0.25) is 19.2 Å². The first-order chi connectivity index (χ1) is 21.0. The van der Waals surface area contributed by atoms with Gasteiger partial charge in [-0.1, -0.05) is 71.0 Å². The second-order valence-electron chi connectivity index (χ2n) is 10.8. The van der Waals surface area contributed by atoms with Crippen LogP contribution in [0.3, 0.4) is 0 Å². The highest BCUT2D eigenvalue weighted by molar-refractivity contribution is 9.12. The molecule has 3 aromatic carbocycles. The summed E-state index contributed by atoms with van der Waals surface area (Å²) in [6, 6.07) is 16.7. The third kappa shape index (κ3) is 5.55. The van der Waals surface area contributed by atoms with Gasteiger partial charge in [0.05, 0.1) is 28.0 Å². The Labute approximate surface area is 287 Å². The predicted octanol–water partition coefficient (Wildman–Crippen LogP) is 6.99. The number of benzene rings is 3. The first-order valence-corrected chi connectivity index (χ1v) is 16.9. The molecule has 3 amide bonds. The number of amides is 3. The van der Waals surface area contributed by atoms with Crippen molar-refractivity contribution in [2.24, 2.45) is 23.7 Å². The average Bonchev–Trinajstić information content (AvgIpc) is 3.61. The number of imide groups is 1. The summed E-state index contributed by atoms with van der Waals surface area (Å²) in [5.74, 6) is -4.12. The summed E-state index contributed by atoms with van der Waals surface area (Å²) in [7, 11) is 0. The molecule has 0 unspecified atom stereocenters. The van der Waals surface area contributed by atoms with Crippen LogP contribution in [0.15, 0.2) is 71.2 Å². The topological polar surface area (TPSA) is 101 Å². The van der Waals surface area contributed by atoms with Gasteiger partial charge < -0.3 is 4.74 Å². The fourth-order valence-electron chi connectivity index (χ4n) is 6.29. The summed E-state index contributed by atoms with van der Waals surface area (Å²) in [6.07, 6.45) is 0.709. The maximum absolute atomic E-state index is 13.9. The number of Topliss-reactive ketones (excluding diaryl/α,β-unsaturated/α-hetero) is 1. The molecule has 226 valence electrons. The van der Waals surface area contributed by atoms with E-state index in [1.54, 1.807) is 24.3 Å². The lowest BCUT2D eigenvalue weighted by atomic mass is 9.81. The zero-order valence-corrected chi connectivity index (χ0v) is 28.7. The van der Waals surface area contributed by atoms with Gasteiger partial charge in [0.1, 0.15) is 12.3 Å². The van der Waals surface area contributed by atoms with Crippen LogP contribution in [0, 0.1) is 23.7 Å². The predicted molar refractivity (Wildman–Crippen MR) is 173 cm³/mol. The van der Waals surface area contributed by atoms with E-state index in [1.807, 2.05) is 0 Å². The average molecular weight is 828 g/mol. The van der Waals surface area contributed by atoms with E-state index in [4.69, 9.17) is 27.9 Å². The van der Waals surface area contributed by atoms with Gasteiger partial charge in [0.15, 0.2) is 5.78 Å². The summed E-state index contributed by atoms with van der Waals surface area (Å²) < 4.78 is 6.22. The summed E-state index contributed by atoms with van der Waals surface area (Å²) in [5, 5.41) is 2.02. The zero-order chi connectivity index (χ0) is 31.4. The molecule has 1 saturated heterocycles. The Kier molecular flexibility index (Phi) is 8.80. The Morgan fingerprint density at radius 2 is 1.41 bits per heavy atom. The lowest BCUT2D eigenvalue weighted by Gasteiger charge is -2.31. The van der Waals surface area contributed by atoms with E-state index in [0.29, 0.717) is 17.0 Å². The van der Waals surface area contributed by atoms with Crippen molar-refractivity contribution < 1.29 is 28.7 Å². The van der Waals surface area contributed by atoms with Crippen molar-refractivity contribution >= 4 is 100 Å². The number of halogens is 5. The van der Waals surface area contributed by atoms with Gasteiger partial charge in [-0.2, -0.15) is 5.01 Å². The van der Waals surface area contributed by atoms with Gasteiger partial charge in [-0.15, -0.1) is 0 Å². The van der Waals surface area contributed by atoms with Crippen LogP contribution in [-0.2, 0) is 9.59 Å². The third-order valence-corrected chi connectivity index (χ3v) is 12.6. The summed E-state index contributed by atoms with van der Waals surface area (Å²) in [5.41, 5.74) is 0.504. The van der Waals surface area contributed by atoms with Crippen molar-refractivity contribution in [3.63, 3.8) is 0 Å². The van der Waals surface area contributed by atoms with Gasteiger partial charge in [0.2, 0.25) is 0 Å². The van der Waals surface area contributed by atoms with Crippen LogP contribution in [0.5, 0.6) is 5.75 Å². The van der Waals surface area contributed by atoms with Crippen molar-refractivity contribution in [3.8, 4) is 5.75 Å². The zero-order valence-electron chi connectivity index (χ0n) is 22.5. The van der Waals surface area contributed by atoms with E-state index >= 15 is 0 Å². The van der Waals surface area contributed by atoms with Gasteiger partial charge in [-0.05, 0) is 85.0 Å². The highest BCUT2D eigenvalue weighted by Crippen LogP contribution is 2.60. The maximum Gasteiger partial charge on any atom is 0.343 e. The number of carbonyl (C=O) groups excluding carboxylic acids is 5. The molecule has 3 aliphatic rings. The van der Waals surface area contributed by atoms with Crippen LogP contribution in [-0.4, -0.2) is 55.7 Å². The number of esters is 1. The molecule has 0 radical (unpaired) electrons. The summed E-state index contributed by atoms with van der Waals surface area (Å²) >= 11 is 23.0. The molecule has 6 rings (SSSR count). The summed E-state index contributed by atoms with van der Waals surface area (Å²) in [4.78, 5) is 67.6. The second kappa shape index (κ2) is 12.3. The second-order valence-corrected chi connectivity index (χ2v) is 14.7. The van der Waals surface area contributed by atoms with Gasteiger partial charge >= 0.3 is 5.97 Å². The minimum absolute atomic E-state index is 0.00155. The van der Waals surface area contributed by atoms with Crippen molar-refractivity contribution in [2.75, 3.05) is 6.54 Å². The van der Waals surface area contributed by atoms with E-state index in [0.717, 1.165) is 14.5 Å². The Balaban J connectivity index is 1.26. The number of ketones is 1. The number of rotatable bonds is 7. The van der Waals surface area contributed by atoms with Gasteiger partial charge in [0.25, 0.3) is 17.7 Å². The molecule has 2 bridgehead atoms. The largest absolute Gasteiger partial charge is 0.423 e. The fourth-order valence-corrected chi connectivity index (χ4v) is 8.92. The van der Waals surface area contributed by atoms with E-state index in [9.17, 15) is 24.0 Å². The van der Waals surface area contributed by atoms with Gasteiger partial charge in [-0.25, -0.2) is 9.80 Å². The lowest BCUT2D eigenvalue weighted by molar-refractivity contribution is -0.154. The first kappa shape index (κ1) is 31.4. The van der Waals surface area contributed by atoms with Gasteiger partial charge in [0, 0.05) is 24.7 Å². The van der Waals surface area contributed by atoms with E-state index in [-0.39, 0.29) is 43.4 Å². The molecule has 0 aromatic heterocycles. The van der Waals surface area contributed by atoms with Crippen molar-refractivity contribution in [1.29, 1.82) is 0 Å². The minimum Gasteiger partial charge on any atom is -0.423 e. The van der Waals surface area contributed by atoms with Crippen molar-refractivity contribution in [2.45, 2.75) is 16.1 Å². The van der Waals surface area contributed by atoms with Crippen LogP contribution >= 0.6 is 71.0 Å². The molecule has 3 fully saturated rings. The number of alkyl halides is 2. The number of fused-ring (bicyclic) bond motifs is 5. The SMILES string of the molecule is O=C(CN(C(=O)c1ccc(Cl)cc1Cl)N1C(=O)[C@@H]2[C@H]3C[C@@H]([C@H](Br)[C@H]3Br)[C@@H]2C1=O)c1ccc(OC(=O)c2ccc(Br)cc2)cc1. The molecule has 2 saturated carbocycles. The number of ether oxygens (including phenoxy) is 1. The minimum atomic E-state index is -0.792. The molecule has 1 heterocycles. The number of hydrogen-bond donors (Lipinski definition) is 0. The fraction of sp³-hybridized carbons (Fsp3) is 0.258. The monoisotopic (exact) mass is 824 g/mol. The molecular formula is C31H21Br3Cl2N2O6. The molecule has 0 spiro atoms. The summed E-state index contributed by atoms with van der Waals surface area (Å²) in [6.45, 7) is -0.614. The number of carbonyl (C=O) groups is 5. The Morgan fingerprint density at radius 1 is 0.841 bits per heavy atom. The number of nitrogens with zero attached hydrogens (tertiary/aromatic N) is 2. The Morgan fingerprint density at radius 3 is 1.98 bits per heavy atom. The van der Waals surface area contributed by atoms with E-state index in [1.165, 1.54) is 42.5 Å². The standard InChI is InChI=1S/C31H21Br3Cl2N2O6/c32-16-5-1-15(2-6-16)31(43)44-18-8-3-14(4-9-18)23(39)13-37(28(40)19-10-7-17(35)11-22(19)36)38-29(41)24-20-12-21(25(24)30(38)42)27(34)26(20)33/h1-11,20-21,24-27H,12-13H2/t20-,21-,24-,25+,26+,27+/m1/s1. The smallest absolute Gasteiger partial charge is 0.343 e. The normalized spacial score (nSPS) is 25.2. The van der Waals surface area contributed by atoms with E-state index < -0.39 is 47.9 Å². The maximum atomic E-state index is 13.9. The highest BCUT2D eigenvalue weighted by Gasteiger charge is 2.67. The number of hydrazine groups is 1. The third-order valence-electron chi connectivity index (χ3n) is 8.36. The molecule has 1 aliphatic heterocycles. The quantitative estimate of drug-likeness (QED) is 0.0838. The van der Waals surface area contributed by atoms with Crippen LogP contribution in [0.4, 0.5) is 0 Å². The Hall–Kier alpha value is -2.57. The molecule has 44 heavy (non-hydrogen) atoms. The first-order valence-electron chi connectivity index (χ1n) is 13.5. The van der Waals surface area contributed by atoms with Crippen LogP contribution in [0.25, 0.3) is 0 Å². The van der Waals surface area contributed by atoms with Crippen LogP contribution in [0.2, 0.25) is 10.0 Å². The van der Waals surface area contributed by atoms with Crippen molar-refractivity contribution in [1.82, 2.24) is 10.0 Å².